The van der Waals surface area contributed by atoms with Gasteiger partial charge in [0.1, 0.15) is 0 Å². The molecule has 1 rings (SSSR count). The molecule has 0 bridgehead atoms. The molecule has 1 fully saturated rings. The van der Waals surface area contributed by atoms with E-state index in [-0.39, 0.29) is 17.3 Å². The molecule has 0 spiro atoms. The second-order valence-corrected chi connectivity index (χ2v) is 8.61. The van der Waals surface area contributed by atoms with Crippen LogP contribution in [0.3, 0.4) is 0 Å². The molecular weight excluding hydrogens is 367 g/mol. The van der Waals surface area contributed by atoms with Gasteiger partial charge in [-0.2, -0.15) is 0 Å². The fraction of sp³-hybridized carbons (Fsp3) is 0.619. The van der Waals surface area contributed by atoms with Gasteiger partial charge < -0.3 is 0 Å². The minimum Gasteiger partial charge on any atom is -0.268 e. The van der Waals surface area contributed by atoms with Crippen molar-refractivity contribution >= 4 is 8.22 Å². The van der Waals surface area contributed by atoms with Gasteiger partial charge in [0.2, 0.25) is 0 Å². The highest BCUT2D eigenvalue weighted by molar-refractivity contribution is 7.57. The average Bonchev–Trinajstić information content (AvgIpc) is 3.25. The fourth-order valence-corrected chi connectivity index (χ4v) is 6.55. The van der Waals surface area contributed by atoms with Gasteiger partial charge in [0.15, 0.2) is 0 Å². The summed E-state index contributed by atoms with van der Waals surface area (Å²) in [6.45, 7) is 26.6. The first kappa shape index (κ1) is 23.8. The predicted octanol–water partition coefficient (Wildman–Crippen LogP) is 5.52. The molecular formula is C21H29N6P. The lowest BCUT2D eigenvalue weighted by Crippen LogP contribution is -2.31. The number of hydrogen-bond acceptors (Lipinski definition) is 4. The summed E-state index contributed by atoms with van der Waals surface area (Å²) in [5.41, 5.74) is 0.737. The summed E-state index contributed by atoms with van der Waals surface area (Å²) >= 11 is 0. The second kappa shape index (κ2) is 12.3. The molecule has 0 aromatic rings. The smallest absolute Gasteiger partial charge is 0.268 e. The van der Waals surface area contributed by atoms with Crippen LogP contribution in [0.1, 0.15) is 53.4 Å². The number of hydrogen-bond donors (Lipinski definition) is 0. The maximum Gasteiger partial charge on any atom is 0.270 e. The first-order valence-electron chi connectivity index (χ1n) is 9.91. The Balaban J connectivity index is 3.93. The van der Waals surface area contributed by atoms with E-state index in [1.807, 2.05) is 0 Å². The van der Waals surface area contributed by atoms with E-state index < -0.39 is 8.22 Å². The molecule has 0 aliphatic heterocycles. The van der Waals surface area contributed by atoms with E-state index in [1.54, 1.807) is 0 Å². The van der Waals surface area contributed by atoms with Crippen LogP contribution in [0.4, 0.5) is 0 Å². The molecule has 0 atom stereocenters. The lowest BCUT2D eigenvalue weighted by molar-refractivity contribution is 0.427. The Kier molecular flexibility index (Phi) is 10.5. The summed E-state index contributed by atoms with van der Waals surface area (Å²) in [7, 11) is -1.14. The quantitative estimate of drug-likeness (QED) is 0.223. The number of allylic oxidation sites excluding steroid dienone is 4. The first-order valence-corrected chi connectivity index (χ1v) is 11.2. The minimum absolute atomic E-state index is 0.0308. The monoisotopic (exact) mass is 396 g/mol. The van der Waals surface area contributed by atoms with E-state index in [9.17, 15) is 10.5 Å². The SMILES string of the molecule is [C-]#[N+]/C(C#N)=C(/C(=C(/C#N)[N+]#[C-])P(N(CC)CC)N(CC)CC)C1CCCC1. The van der Waals surface area contributed by atoms with E-state index in [1.165, 1.54) is 0 Å². The molecule has 0 heterocycles. The van der Waals surface area contributed by atoms with Gasteiger partial charge >= 0.3 is 0 Å². The van der Waals surface area contributed by atoms with Gasteiger partial charge in [-0.1, -0.05) is 40.5 Å². The van der Waals surface area contributed by atoms with Gasteiger partial charge in [-0.3, -0.25) is 9.34 Å². The second-order valence-electron chi connectivity index (χ2n) is 6.46. The van der Waals surface area contributed by atoms with Crippen molar-refractivity contribution in [1.82, 2.24) is 9.34 Å². The van der Waals surface area contributed by atoms with Gasteiger partial charge in [-0.25, -0.2) is 20.2 Å². The van der Waals surface area contributed by atoms with Crippen LogP contribution in [0.2, 0.25) is 0 Å². The van der Waals surface area contributed by atoms with Crippen molar-refractivity contribution in [2.45, 2.75) is 53.4 Å². The number of rotatable bonds is 9. The third kappa shape index (κ3) is 5.19. The van der Waals surface area contributed by atoms with Crippen molar-refractivity contribution in [3.8, 4) is 12.1 Å². The van der Waals surface area contributed by atoms with Crippen LogP contribution in [0.25, 0.3) is 9.69 Å². The maximum atomic E-state index is 9.79. The Labute approximate surface area is 171 Å². The largest absolute Gasteiger partial charge is 0.270 e. The Bertz CT molecular complexity index is 713. The summed E-state index contributed by atoms with van der Waals surface area (Å²) in [5, 5.41) is 20.1. The van der Waals surface area contributed by atoms with Crippen molar-refractivity contribution in [1.29, 1.82) is 10.5 Å². The molecule has 0 unspecified atom stereocenters. The van der Waals surface area contributed by atoms with Crippen molar-refractivity contribution < 1.29 is 0 Å². The van der Waals surface area contributed by atoms with Crippen LogP contribution in [-0.2, 0) is 0 Å². The van der Waals surface area contributed by atoms with Crippen LogP contribution in [-0.4, -0.2) is 35.5 Å². The molecule has 0 aromatic carbocycles. The summed E-state index contributed by atoms with van der Waals surface area (Å²) in [5.74, 6) is 0.0694. The van der Waals surface area contributed by atoms with Crippen LogP contribution in [0.15, 0.2) is 22.3 Å². The topological polar surface area (TPSA) is 62.8 Å². The zero-order valence-electron chi connectivity index (χ0n) is 17.4. The number of nitriles is 2. The molecule has 0 saturated heterocycles. The van der Waals surface area contributed by atoms with E-state index in [2.05, 4.69) is 58.9 Å². The number of nitrogens with zero attached hydrogens (tertiary/aromatic N) is 6. The minimum atomic E-state index is -1.14. The maximum absolute atomic E-state index is 9.79. The molecule has 1 aliphatic carbocycles. The lowest BCUT2D eigenvalue weighted by Gasteiger charge is -2.41. The first-order chi connectivity index (χ1) is 13.6. The van der Waals surface area contributed by atoms with Crippen molar-refractivity contribution in [2.75, 3.05) is 26.2 Å². The predicted molar refractivity (Wildman–Crippen MR) is 113 cm³/mol. The van der Waals surface area contributed by atoms with Crippen molar-refractivity contribution in [3.05, 3.63) is 45.1 Å². The van der Waals surface area contributed by atoms with E-state index in [4.69, 9.17) is 13.1 Å². The standard InChI is InChI=1S/C21H29N6P/c1-7-26(8-2)28(27(9-3)10-4)21(19(16-23)25-6)20(18(15-22)24-5)17-13-11-12-14-17/h17H,7-14H2,1-4H3/b20-18+,21-19+. The zero-order chi connectivity index (χ0) is 21.1. The van der Waals surface area contributed by atoms with Gasteiger partial charge in [0.25, 0.3) is 11.4 Å². The highest BCUT2D eigenvalue weighted by Crippen LogP contribution is 2.58. The van der Waals surface area contributed by atoms with E-state index >= 15 is 0 Å². The van der Waals surface area contributed by atoms with Crippen LogP contribution in [0.5, 0.6) is 0 Å². The Morgan fingerprint density at radius 2 is 1.32 bits per heavy atom. The molecule has 1 saturated carbocycles. The van der Waals surface area contributed by atoms with Crippen LogP contribution >= 0.6 is 8.22 Å². The molecule has 0 amide bonds. The molecule has 0 N–H and O–H groups in total. The molecule has 1 aliphatic rings. The Morgan fingerprint density at radius 3 is 1.64 bits per heavy atom. The molecule has 0 aromatic heterocycles. The fourth-order valence-electron chi connectivity index (χ4n) is 3.76. The summed E-state index contributed by atoms with van der Waals surface area (Å²) in [6.07, 6.45) is 3.89. The van der Waals surface area contributed by atoms with Crippen molar-refractivity contribution in [3.63, 3.8) is 0 Å². The lowest BCUT2D eigenvalue weighted by atomic mass is 9.94. The van der Waals surface area contributed by atoms with E-state index in [0.717, 1.165) is 51.9 Å². The summed E-state index contributed by atoms with van der Waals surface area (Å²) in [4.78, 5) is 7.08. The third-order valence-electron chi connectivity index (χ3n) is 5.13. The summed E-state index contributed by atoms with van der Waals surface area (Å²) in [6, 6.07) is 4.16. The van der Waals surface area contributed by atoms with Gasteiger partial charge in [-0.15, -0.1) is 0 Å². The van der Waals surface area contributed by atoms with Gasteiger partial charge in [0, 0.05) is 31.5 Å². The molecule has 7 heteroatoms. The Hall–Kier alpha value is -2.21. The van der Waals surface area contributed by atoms with Gasteiger partial charge in [0.05, 0.1) is 33.5 Å². The molecule has 28 heavy (non-hydrogen) atoms. The van der Waals surface area contributed by atoms with Crippen molar-refractivity contribution in [2.24, 2.45) is 5.92 Å². The summed E-state index contributed by atoms with van der Waals surface area (Å²) < 4.78 is 4.54. The normalized spacial score (nSPS) is 16.2. The van der Waals surface area contributed by atoms with Crippen LogP contribution < -0.4 is 0 Å². The Morgan fingerprint density at radius 1 is 0.893 bits per heavy atom. The highest BCUT2D eigenvalue weighted by Gasteiger charge is 2.36. The molecule has 0 radical (unpaired) electrons. The van der Waals surface area contributed by atoms with Gasteiger partial charge in [-0.05, 0) is 24.3 Å². The average molecular weight is 396 g/mol. The third-order valence-corrected chi connectivity index (χ3v) is 8.19. The highest BCUT2D eigenvalue weighted by atomic mass is 31.1. The van der Waals surface area contributed by atoms with Crippen LogP contribution in [0, 0.1) is 41.7 Å². The zero-order valence-corrected chi connectivity index (χ0v) is 18.3. The molecule has 148 valence electrons. The van der Waals surface area contributed by atoms with E-state index in [0.29, 0.717) is 10.9 Å². The molecule has 6 nitrogen and oxygen atoms in total.